The van der Waals surface area contributed by atoms with Crippen molar-refractivity contribution in [1.82, 2.24) is 10.2 Å². The highest BCUT2D eigenvalue weighted by atomic mass is 16.4. The lowest BCUT2D eigenvalue weighted by atomic mass is 10.0. The SMILES string of the molecule is Cc1cccc(-c2nnc(-c3ccc(N(c4ccc(N(c5ccccc5)c5ccccc5)cc4)c4cccc(-c5ccccc5)c4)cc3)o2)c1. The van der Waals surface area contributed by atoms with Crippen molar-refractivity contribution >= 4 is 34.1 Å². The van der Waals surface area contributed by atoms with Crippen LogP contribution in [0.25, 0.3) is 34.0 Å². The second-order valence-corrected chi connectivity index (χ2v) is 12.1. The predicted octanol–water partition coefficient (Wildman–Crippen LogP) is 12.3. The number of aromatic nitrogens is 2. The molecule has 0 spiro atoms. The molecule has 5 nitrogen and oxygen atoms in total. The van der Waals surface area contributed by atoms with E-state index in [0.29, 0.717) is 11.8 Å². The van der Waals surface area contributed by atoms with Crippen molar-refractivity contribution in [1.29, 1.82) is 0 Å². The van der Waals surface area contributed by atoms with Crippen LogP contribution in [-0.2, 0) is 0 Å². The lowest BCUT2D eigenvalue weighted by molar-refractivity contribution is 0.584. The molecule has 0 saturated carbocycles. The smallest absolute Gasteiger partial charge is 0.248 e. The van der Waals surface area contributed by atoms with Crippen LogP contribution >= 0.6 is 0 Å². The molecule has 1 heterocycles. The minimum Gasteiger partial charge on any atom is -0.416 e. The molecule has 0 aliphatic rings. The molecule has 0 radical (unpaired) electrons. The van der Waals surface area contributed by atoms with E-state index in [1.165, 1.54) is 5.56 Å². The van der Waals surface area contributed by atoms with Gasteiger partial charge in [-0.3, -0.25) is 0 Å². The fourth-order valence-corrected chi connectivity index (χ4v) is 6.24. The second kappa shape index (κ2) is 13.8. The number of hydrogen-bond donors (Lipinski definition) is 0. The molecule has 50 heavy (non-hydrogen) atoms. The predicted molar refractivity (Wildman–Crippen MR) is 205 cm³/mol. The van der Waals surface area contributed by atoms with Gasteiger partial charge in [-0.2, -0.15) is 0 Å². The highest BCUT2D eigenvalue weighted by molar-refractivity contribution is 5.83. The summed E-state index contributed by atoms with van der Waals surface area (Å²) in [4.78, 5) is 4.55. The molecule has 0 amide bonds. The highest BCUT2D eigenvalue weighted by Crippen LogP contribution is 2.40. The average Bonchev–Trinajstić information content (AvgIpc) is 3.68. The lowest BCUT2D eigenvalue weighted by Gasteiger charge is -2.28. The first kappa shape index (κ1) is 30.6. The Hall–Kier alpha value is -6.72. The van der Waals surface area contributed by atoms with Gasteiger partial charge in [-0.05, 0) is 115 Å². The number of nitrogens with zero attached hydrogens (tertiary/aromatic N) is 4. The average molecular weight is 647 g/mol. The van der Waals surface area contributed by atoms with Crippen molar-refractivity contribution in [3.05, 3.63) is 194 Å². The van der Waals surface area contributed by atoms with Gasteiger partial charge in [-0.25, -0.2) is 0 Å². The fourth-order valence-electron chi connectivity index (χ4n) is 6.24. The summed E-state index contributed by atoms with van der Waals surface area (Å²) in [5, 5.41) is 8.70. The zero-order chi connectivity index (χ0) is 33.7. The summed E-state index contributed by atoms with van der Waals surface area (Å²) in [5.41, 5.74) is 11.6. The van der Waals surface area contributed by atoms with Crippen LogP contribution in [0.2, 0.25) is 0 Å². The van der Waals surface area contributed by atoms with E-state index in [9.17, 15) is 0 Å². The van der Waals surface area contributed by atoms with Crippen molar-refractivity contribution in [2.24, 2.45) is 0 Å². The van der Waals surface area contributed by atoms with Gasteiger partial charge in [0, 0.05) is 45.3 Å². The summed E-state index contributed by atoms with van der Waals surface area (Å²) in [7, 11) is 0. The third kappa shape index (κ3) is 6.40. The van der Waals surface area contributed by atoms with Crippen LogP contribution in [0.4, 0.5) is 34.1 Å². The molecule has 8 rings (SSSR count). The van der Waals surface area contributed by atoms with Gasteiger partial charge in [0.15, 0.2) is 0 Å². The van der Waals surface area contributed by atoms with Gasteiger partial charge in [0.25, 0.3) is 0 Å². The molecule has 5 heteroatoms. The van der Waals surface area contributed by atoms with E-state index in [2.05, 4.69) is 166 Å². The van der Waals surface area contributed by atoms with Crippen molar-refractivity contribution in [3.63, 3.8) is 0 Å². The minimum absolute atomic E-state index is 0.483. The van der Waals surface area contributed by atoms with Gasteiger partial charge < -0.3 is 14.2 Å². The van der Waals surface area contributed by atoms with Crippen molar-refractivity contribution < 1.29 is 4.42 Å². The Balaban J connectivity index is 1.17. The van der Waals surface area contributed by atoms with Crippen LogP contribution in [0.15, 0.2) is 192 Å². The maximum absolute atomic E-state index is 6.11. The van der Waals surface area contributed by atoms with Gasteiger partial charge in [0.05, 0.1) is 0 Å². The first-order chi connectivity index (χ1) is 24.7. The summed E-state index contributed by atoms with van der Waals surface area (Å²) in [5.74, 6) is 0.990. The van der Waals surface area contributed by atoms with E-state index < -0.39 is 0 Å². The molecular weight excluding hydrogens is 613 g/mol. The summed E-state index contributed by atoms with van der Waals surface area (Å²) in [6.45, 7) is 2.05. The van der Waals surface area contributed by atoms with Crippen molar-refractivity contribution in [3.8, 4) is 34.0 Å². The van der Waals surface area contributed by atoms with Crippen LogP contribution in [0.1, 0.15) is 5.56 Å². The lowest BCUT2D eigenvalue weighted by Crippen LogP contribution is -2.12. The van der Waals surface area contributed by atoms with Gasteiger partial charge in [0.1, 0.15) is 0 Å². The Morgan fingerprint density at radius 2 is 0.760 bits per heavy atom. The molecule has 0 fully saturated rings. The van der Waals surface area contributed by atoms with Gasteiger partial charge in [-0.15, -0.1) is 10.2 Å². The Bertz CT molecular complexity index is 2280. The van der Waals surface area contributed by atoms with E-state index in [0.717, 1.165) is 56.4 Å². The van der Waals surface area contributed by atoms with E-state index in [1.54, 1.807) is 0 Å². The number of anilines is 6. The molecule has 0 bridgehead atoms. The third-order valence-electron chi connectivity index (χ3n) is 8.67. The zero-order valence-electron chi connectivity index (χ0n) is 27.6. The summed E-state index contributed by atoms with van der Waals surface area (Å²) >= 11 is 0. The van der Waals surface area contributed by atoms with E-state index in [1.807, 2.05) is 48.5 Å². The van der Waals surface area contributed by atoms with Crippen molar-refractivity contribution in [2.75, 3.05) is 9.80 Å². The molecule has 0 atom stereocenters. The molecular formula is C45H34N4O. The number of rotatable bonds is 9. The zero-order valence-corrected chi connectivity index (χ0v) is 27.6. The number of aryl methyl sites for hydroxylation is 1. The van der Waals surface area contributed by atoms with Crippen LogP contribution < -0.4 is 9.80 Å². The second-order valence-electron chi connectivity index (χ2n) is 12.1. The molecule has 8 aromatic rings. The molecule has 0 saturated heterocycles. The number of hydrogen-bond acceptors (Lipinski definition) is 5. The largest absolute Gasteiger partial charge is 0.416 e. The Labute approximate surface area is 292 Å². The van der Waals surface area contributed by atoms with E-state index >= 15 is 0 Å². The number of para-hydroxylation sites is 2. The normalized spacial score (nSPS) is 10.9. The summed E-state index contributed by atoms with van der Waals surface area (Å²) in [6, 6.07) is 65.2. The molecule has 240 valence electrons. The monoisotopic (exact) mass is 646 g/mol. The standard InChI is InChI=1S/C45H34N4O/c1-33-13-11-17-37(31-33)45-47-46-44(50-45)35-23-25-40(26-24-35)49(43-22-12-16-36(32-43)34-14-5-2-6-15-34)42-29-27-41(28-30-42)48(38-18-7-3-8-19-38)39-20-9-4-10-21-39/h2-32H,1H3. The molecule has 1 aromatic heterocycles. The maximum Gasteiger partial charge on any atom is 0.248 e. The number of benzene rings is 7. The quantitative estimate of drug-likeness (QED) is 0.156. The van der Waals surface area contributed by atoms with Crippen molar-refractivity contribution in [2.45, 2.75) is 6.92 Å². The fraction of sp³-hybridized carbons (Fsp3) is 0.0222. The van der Waals surface area contributed by atoms with E-state index in [-0.39, 0.29) is 0 Å². The van der Waals surface area contributed by atoms with Crippen LogP contribution in [0.5, 0.6) is 0 Å². The molecule has 0 aliphatic heterocycles. The first-order valence-electron chi connectivity index (χ1n) is 16.7. The summed E-state index contributed by atoms with van der Waals surface area (Å²) in [6.07, 6.45) is 0. The third-order valence-corrected chi connectivity index (χ3v) is 8.67. The van der Waals surface area contributed by atoms with Gasteiger partial charge in [-0.1, -0.05) is 96.6 Å². The Morgan fingerprint density at radius 1 is 0.340 bits per heavy atom. The Morgan fingerprint density at radius 3 is 1.34 bits per heavy atom. The topological polar surface area (TPSA) is 45.4 Å². The van der Waals surface area contributed by atoms with E-state index in [4.69, 9.17) is 4.42 Å². The van der Waals surface area contributed by atoms with Gasteiger partial charge in [0.2, 0.25) is 11.8 Å². The highest BCUT2D eigenvalue weighted by Gasteiger charge is 2.18. The maximum atomic E-state index is 6.11. The first-order valence-corrected chi connectivity index (χ1v) is 16.7. The molecule has 7 aromatic carbocycles. The molecule has 0 N–H and O–H groups in total. The van der Waals surface area contributed by atoms with Crippen LogP contribution in [-0.4, -0.2) is 10.2 Å². The van der Waals surface area contributed by atoms with Crippen LogP contribution in [0, 0.1) is 6.92 Å². The molecule has 0 aliphatic carbocycles. The molecule has 0 unspecified atom stereocenters. The van der Waals surface area contributed by atoms with Gasteiger partial charge >= 0.3 is 0 Å². The minimum atomic E-state index is 0.483. The Kier molecular flexibility index (Phi) is 8.44. The summed E-state index contributed by atoms with van der Waals surface area (Å²) < 4.78 is 6.11. The van der Waals surface area contributed by atoms with Crippen LogP contribution in [0.3, 0.4) is 0 Å².